The first-order valence-corrected chi connectivity index (χ1v) is 9.31. The summed E-state index contributed by atoms with van der Waals surface area (Å²) in [5.74, 6) is 0.583. The molecule has 5 heteroatoms. The van der Waals surface area contributed by atoms with Gasteiger partial charge in [0.2, 0.25) is 0 Å². The summed E-state index contributed by atoms with van der Waals surface area (Å²) in [6, 6.07) is 9.14. The smallest absolute Gasteiger partial charge is 0.199 e. The van der Waals surface area contributed by atoms with Crippen LogP contribution in [0.1, 0.15) is 55.0 Å². The molecule has 2 aromatic rings. The van der Waals surface area contributed by atoms with E-state index >= 15 is 0 Å². The highest BCUT2D eigenvalue weighted by Gasteiger charge is 2.21. The number of aromatic nitrogens is 2. The van der Waals surface area contributed by atoms with Gasteiger partial charge in [-0.2, -0.15) is 17.6 Å². The molecule has 3 rings (SSSR count). The topological polar surface area (TPSA) is 52.0 Å². The van der Waals surface area contributed by atoms with Crippen LogP contribution < -0.4 is 0 Å². The lowest BCUT2D eigenvalue weighted by atomic mass is 9.84. The van der Waals surface area contributed by atoms with Crippen molar-refractivity contribution in [2.45, 2.75) is 56.8 Å². The minimum absolute atomic E-state index is 0.304. The van der Waals surface area contributed by atoms with Gasteiger partial charge in [-0.1, -0.05) is 31.4 Å². The maximum Gasteiger partial charge on any atom is 0.283 e. The lowest BCUT2D eigenvalue weighted by molar-refractivity contribution is 0.443. The maximum absolute atomic E-state index is 12.7. The Morgan fingerprint density at radius 2 is 1.68 bits per heavy atom. The molecule has 1 heterocycles. The molecule has 0 radical (unpaired) electrons. The molecular formula is C17H22N2O2S. The van der Waals surface area contributed by atoms with E-state index < -0.39 is 10.0 Å². The molecule has 118 valence electrons. The Morgan fingerprint density at radius 3 is 2.23 bits per heavy atom. The minimum Gasteiger partial charge on any atom is -0.199 e. The standard InChI is InChI=1S/C17H22N2O2S/c1-13-12-14(2)19(18-13)22(20,21)17-10-8-16(9-11-17)15-6-4-3-5-7-15/h8-12,15H,3-7H2,1-2H3. The predicted molar refractivity (Wildman–Crippen MR) is 86.6 cm³/mol. The van der Waals surface area contributed by atoms with Gasteiger partial charge in [0, 0.05) is 0 Å². The summed E-state index contributed by atoms with van der Waals surface area (Å²) in [6.07, 6.45) is 6.29. The zero-order chi connectivity index (χ0) is 15.7. The quantitative estimate of drug-likeness (QED) is 0.865. The van der Waals surface area contributed by atoms with Crippen LogP contribution in [0.3, 0.4) is 0 Å². The van der Waals surface area contributed by atoms with Gasteiger partial charge < -0.3 is 0 Å². The summed E-state index contributed by atoms with van der Waals surface area (Å²) in [5.41, 5.74) is 2.60. The Balaban J connectivity index is 1.90. The number of nitrogens with zero attached hydrogens (tertiary/aromatic N) is 2. The number of hydrogen-bond donors (Lipinski definition) is 0. The fourth-order valence-electron chi connectivity index (χ4n) is 3.30. The monoisotopic (exact) mass is 318 g/mol. The van der Waals surface area contributed by atoms with Crippen molar-refractivity contribution < 1.29 is 8.42 Å². The van der Waals surface area contributed by atoms with Gasteiger partial charge in [0.05, 0.1) is 16.3 Å². The van der Waals surface area contributed by atoms with Crippen molar-refractivity contribution in [1.29, 1.82) is 0 Å². The second-order valence-corrected chi connectivity index (χ2v) is 7.95. The van der Waals surface area contributed by atoms with Gasteiger partial charge >= 0.3 is 0 Å². The first kappa shape index (κ1) is 15.3. The van der Waals surface area contributed by atoms with E-state index in [1.807, 2.05) is 12.1 Å². The molecule has 0 saturated heterocycles. The van der Waals surface area contributed by atoms with Crippen molar-refractivity contribution in [2.24, 2.45) is 0 Å². The third-order valence-corrected chi connectivity index (χ3v) is 6.14. The molecular weight excluding hydrogens is 296 g/mol. The molecule has 1 fully saturated rings. The molecule has 1 saturated carbocycles. The van der Waals surface area contributed by atoms with E-state index in [9.17, 15) is 8.42 Å². The number of benzene rings is 1. The van der Waals surface area contributed by atoms with Gasteiger partial charge in [-0.05, 0) is 56.4 Å². The largest absolute Gasteiger partial charge is 0.283 e. The highest BCUT2D eigenvalue weighted by molar-refractivity contribution is 7.89. The Kier molecular flexibility index (Phi) is 4.08. The van der Waals surface area contributed by atoms with E-state index in [2.05, 4.69) is 5.10 Å². The van der Waals surface area contributed by atoms with Gasteiger partial charge in [-0.15, -0.1) is 0 Å². The third kappa shape index (κ3) is 2.82. The van der Waals surface area contributed by atoms with Gasteiger partial charge in [0.1, 0.15) is 0 Å². The van der Waals surface area contributed by atoms with Gasteiger partial charge in [-0.25, -0.2) is 0 Å². The van der Waals surface area contributed by atoms with Gasteiger partial charge in [0.15, 0.2) is 0 Å². The van der Waals surface area contributed by atoms with Crippen LogP contribution in [0, 0.1) is 13.8 Å². The molecule has 0 spiro atoms. The highest BCUT2D eigenvalue weighted by Crippen LogP contribution is 2.33. The molecule has 0 bridgehead atoms. The molecule has 0 atom stereocenters. The average molecular weight is 318 g/mol. The molecule has 0 N–H and O–H groups in total. The van der Waals surface area contributed by atoms with Crippen LogP contribution >= 0.6 is 0 Å². The Labute approximate surface area is 132 Å². The van der Waals surface area contributed by atoms with E-state index in [0.717, 1.165) is 4.09 Å². The van der Waals surface area contributed by atoms with Crippen molar-refractivity contribution in [3.05, 3.63) is 47.3 Å². The molecule has 22 heavy (non-hydrogen) atoms. The van der Waals surface area contributed by atoms with Crippen molar-refractivity contribution in [3.8, 4) is 0 Å². The summed E-state index contributed by atoms with van der Waals surface area (Å²) in [5, 5.41) is 4.10. The molecule has 1 aliphatic carbocycles. The first-order valence-electron chi connectivity index (χ1n) is 7.87. The molecule has 1 aromatic carbocycles. The Hall–Kier alpha value is -1.62. The Bertz CT molecular complexity index is 754. The summed E-state index contributed by atoms with van der Waals surface area (Å²) in [6.45, 7) is 3.55. The summed E-state index contributed by atoms with van der Waals surface area (Å²) in [4.78, 5) is 0.304. The van der Waals surface area contributed by atoms with Crippen LogP contribution in [-0.2, 0) is 10.0 Å². The van der Waals surface area contributed by atoms with Crippen LogP contribution in [0.2, 0.25) is 0 Å². The van der Waals surface area contributed by atoms with E-state index in [1.165, 1.54) is 37.7 Å². The van der Waals surface area contributed by atoms with Gasteiger partial charge in [-0.3, -0.25) is 0 Å². The first-order chi connectivity index (χ1) is 10.5. The molecule has 1 aliphatic rings. The van der Waals surface area contributed by atoms with Crippen LogP contribution in [0.25, 0.3) is 0 Å². The van der Waals surface area contributed by atoms with Crippen LogP contribution in [0.5, 0.6) is 0 Å². The van der Waals surface area contributed by atoms with Gasteiger partial charge in [0.25, 0.3) is 10.0 Å². The highest BCUT2D eigenvalue weighted by atomic mass is 32.2. The predicted octanol–water partition coefficient (Wildman–Crippen LogP) is 3.78. The van der Waals surface area contributed by atoms with Crippen molar-refractivity contribution >= 4 is 10.0 Å². The molecule has 0 amide bonds. The number of hydrogen-bond acceptors (Lipinski definition) is 3. The fourth-order valence-corrected chi connectivity index (χ4v) is 4.65. The fraction of sp³-hybridized carbons (Fsp3) is 0.471. The third-order valence-electron chi connectivity index (χ3n) is 4.45. The molecule has 0 unspecified atom stereocenters. The summed E-state index contributed by atoms with van der Waals surface area (Å²) >= 11 is 0. The lowest BCUT2D eigenvalue weighted by Gasteiger charge is -2.22. The lowest BCUT2D eigenvalue weighted by Crippen LogP contribution is -2.16. The molecule has 4 nitrogen and oxygen atoms in total. The van der Waals surface area contributed by atoms with E-state index in [0.29, 0.717) is 22.2 Å². The van der Waals surface area contributed by atoms with E-state index in [4.69, 9.17) is 0 Å². The molecule has 1 aromatic heterocycles. The van der Waals surface area contributed by atoms with Crippen LogP contribution in [-0.4, -0.2) is 17.6 Å². The average Bonchev–Trinajstić information content (AvgIpc) is 2.88. The second-order valence-electron chi connectivity index (χ2n) is 6.18. The maximum atomic E-state index is 12.7. The number of aryl methyl sites for hydroxylation is 2. The van der Waals surface area contributed by atoms with Crippen molar-refractivity contribution in [2.75, 3.05) is 0 Å². The summed E-state index contributed by atoms with van der Waals surface area (Å²) in [7, 11) is -3.59. The van der Waals surface area contributed by atoms with E-state index in [-0.39, 0.29) is 0 Å². The minimum atomic E-state index is -3.59. The zero-order valence-corrected chi connectivity index (χ0v) is 13.9. The van der Waals surface area contributed by atoms with E-state index in [1.54, 1.807) is 32.0 Å². The van der Waals surface area contributed by atoms with Crippen LogP contribution in [0.15, 0.2) is 35.2 Å². The Morgan fingerprint density at radius 1 is 1.05 bits per heavy atom. The van der Waals surface area contributed by atoms with Crippen molar-refractivity contribution in [1.82, 2.24) is 9.19 Å². The SMILES string of the molecule is Cc1cc(C)n(S(=O)(=O)c2ccc(C3CCCCC3)cc2)n1. The molecule has 0 aliphatic heterocycles. The second kappa shape index (κ2) is 5.88. The number of rotatable bonds is 3. The summed E-state index contributed by atoms with van der Waals surface area (Å²) < 4.78 is 26.4. The van der Waals surface area contributed by atoms with Crippen molar-refractivity contribution in [3.63, 3.8) is 0 Å². The van der Waals surface area contributed by atoms with Crippen LogP contribution in [0.4, 0.5) is 0 Å². The normalized spacial score (nSPS) is 16.8. The zero-order valence-electron chi connectivity index (χ0n) is 13.1.